The first-order valence-corrected chi connectivity index (χ1v) is 12.4. The molecule has 2 aromatic carbocycles. The Bertz CT molecular complexity index is 1000. The number of hydrogen-bond acceptors (Lipinski definition) is 4. The second-order valence-corrected chi connectivity index (χ2v) is 10.0. The van der Waals surface area contributed by atoms with E-state index in [9.17, 15) is 13.2 Å². The van der Waals surface area contributed by atoms with Crippen molar-refractivity contribution in [1.29, 1.82) is 0 Å². The van der Waals surface area contributed by atoms with Crippen molar-refractivity contribution in [2.24, 2.45) is 5.92 Å². The molecule has 1 amide bonds. The van der Waals surface area contributed by atoms with Crippen LogP contribution in [0.1, 0.15) is 24.8 Å². The van der Waals surface area contributed by atoms with Crippen molar-refractivity contribution in [3.63, 3.8) is 0 Å². The number of carbonyl (C=O) groups is 1. The lowest BCUT2D eigenvalue weighted by atomic mass is 9.96. The third-order valence-corrected chi connectivity index (χ3v) is 7.60. The first kappa shape index (κ1) is 21.6. The van der Waals surface area contributed by atoms with Crippen LogP contribution in [0.15, 0.2) is 66.1 Å². The number of nitrogens with zero attached hydrogens (tertiary/aromatic N) is 2. The van der Waals surface area contributed by atoms with Crippen LogP contribution in [0.5, 0.6) is 0 Å². The lowest BCUT2D eigenvalue weighted by molar-refractivity contribution is -0.135. The molecule has 2 fully saturated rings. The molecule has 2 heterocycles. The van der Waals surface area contributed by atoms with Gasteiger partial charge in [0, 0.05) is 49.2 Å². The van der Waals surface area contributed by atoms with Gasteiger partial charge in [0.15, 0.2) is 0 Å². The van der Waals surface area contributed by atoms with Gasteiger partial charge in [0.2, 0.25) is 15.9 Å². The molecule has 1 atom stereocenters. The van der Waals surface area contributed by atoms with Gasteiger partial charge in [-0.05, 0) is 43.0 Å². The van der Waals surface area contributed by atoms with Crippen molar-refractivity contribution in [2.45, 2.75) is 25.3 Å². The van der Waals surface area contributed by atoms with Crippen molar-refractivity contribution in [3.05, 3.63) is 71.6 Å². The molecule has 0 saturated carbocycles. The van der Waals surface area contributed by atoms with Gasteiger partial charge in [-0.1, -0.05) is 48.5 Å². The van der Waals surface area contributed by atoms with Crippen molar-refractivity contribution in [3.8, 4) is 0 Å². The maximum absolute atomic E-state index is 13.0. The van der Waals surface area contributed by atoms with Crippen molar-refractivity contribution in [2.75, 3.05) is 31.5 Å². The van der Waals surface area contributed by atoms with E-state index in [2.05, 4.69) is 5.32 Å². The van der Waals surface area contributed by atoms with Crippen LogP contribution in [0.25, 0.3) is 6.08 Å². The molecule has 0 aromatic heterocycles. The maximum atomic E-state index is 13.0. The lowest BCUT2D eigenvalue weighted by Crippen LogP contribution is -2.43. The largest absolute Gasteiger partial charge is 0.380 e. The van der Waals surface area contributed by atoms with E-state index in [4.69, 9.17) is 0 Å². The van der Waals surface area contributed by atoms with Gasteiger partial charge in [-0.3, -0.25) is 4.79 Å². The summed E-state index contributed by atoms with van der Waals surface area (Å²) in [6.07, 6.45) is 3.70. The molecule has 0 bridgehead atoms. The molecule has 31 heavy (non-hydrogen) atoms. The summed E-state index contributed by atoms with van der Waals surface area (Å²) in [5.74, 6) is 0.0641. The van der Waals surface area contributed by atoms with Crippen LogP contribution in [0.2, 0.25) is 0 Å². The molecule has 0 spiro atoms. The van der Waals surface area contributed by atoms with Crippen LogP contribution in [0.4, 0.5) is 5.69 Å². The number of carbonyl (C=O) groups excluding carboxylic acids is 1. The minimum absolute atomic E-state index is 0.0972. The number of rotatable bonds is 6. The standard InChI is InChI=1S/C24H29N3O3S/c28-24(26-15-13-23(19-26)25-22-9-5-2-6-10-22)21-11-16-27(17-12-21)31(29,30)18-14-20-7-3-1-4-8-20/h1-10,14,18,21,23,25H,11-13,15-17,19H2/b18-14+. The van der Waals surface area contributed by atoms with Crippen LogP contribution in [-0.2, 0) is 14.8 Å². The molecule has 2 aliphatic rings. The Morgan fingerprint density at radius 1 is 0.903 bits per heavy atom. The van der Waals surface area contributed by atoms with Crippen LogP contribution in [0.3, 0.4) is 0 Å². The molecule has 0 radical (unpaired) electrons. The lowest BCUT2D eigenvalue weighted by Gasteiger charge is -2.32. The van der Waals surface area contributed by atoms with Gasteiger partial charge >= 0.3 is 0 Å². The smallest absolute Gasteiger partial charge is 0.236 e. The Morgan fingerprint density at radius 3 is 2.23 bits per heavy atom. The van der Waals surface area contributed by atoms with E-state index >= 15 is 0 Å². The topological polar surface area (TPSA) is 69.7 Å². The Kier molecular flexibility index (Phi) is 6.73. The summed E-state index contributed by atoms with van der Waals surface area (Å²) in [6.45, 7) is 2.22. The normalized spacial score (nSPS) is 20.9. The fraction of sp³-hybridized carbons (Fsp3) is 0.375. The molecule has 0 aliphatic carbocycles. The number of piperidine rings is 1. The monoisotopic (exact) mass is 439 g/mol. The zero-order valence-corrected chi connectivity index (χ0v) is 18.4. The average Bonchev–Trinajstić information content (AvgIpc) is 3.27. The average molecular weight is 440 g/mol. The first-order chi connectivity index (χ1) is 15.0. The minimum atomic E-state index is -3.48. The van der Waals surface area contributed by atoms with Crippen molar-refractivity contribution < 1.29 is 13.2 Å². The third kappa shape index (κ3) is 5.54. The predicted molar refractivity (Wildman–Crippen MR) is 124 cm³/mol. The Labute approximate surface area is 184 Å². The molecule has 2 aromatic rings. The highest BCUT2D eigenvalue weighted by atomic mass is 32.2. The van der Waals surface area contributed by atoms with Crippen molar-refractivity contribution in [1.82, 2.24) is 9.21 Å². The molecule has 1 N–H and O–H groups in total. The first-order valence-electron chi connectivity index (χ1n) is 10.8. The highest BCUT2D eigenvalue weighted by Gasteiger charge is 2.34. The van der Waals surface area contributed by atoms with Crippen LogP contribution >= 0.6 is 0 Å². The second-order valence-electron chi connectivity index (χ2n) is 8.21. The number of nitrogens with one attached hydrogen (secondary N) is 1. The molecule has 4 rings (SSSR count). The Hall–Kier alpha value is -2.64. The van der Waals surface area contributed by atoms with Gasteiger partial charge in [-0.15, -0.1) is 0 Å². The van der Waals surface area contributed by atoms with Crippen LogP contribution < -0.4 is 5.32 Å². The second kappa shape index (κ2) is 9.66. The highest BCUT2D eigenvalue weighted by Crippen LogP contribution is 2.25. The molecular weight excluding hydrogens is 410 g/mol. The summed E-state index contributed by atoms with van der Waals surface area (Å²) in [4.78, 5) is 14.9. The van der Waals surface area contributed by atoms with Gasteiger partial charge in [0.25, 0.3) is 0 Å². The zero-order chi connectivity index (χ0) is 21.7. The summed E-state index contributed by atoms with van der Waals surface area (Å²) in [6, 6.07) is 19.7. The van der Waals surface area contributed by atoms with E-state index < -0.39 is 10.0 Å². The number of benzene rings is 2. The quantitative estimate of drug-likeness (QED) is 0.749. The van der Waals surface area contributed by atoms with E-state index in [0.717, 1.165) is 24.2 Å². The van der Waals surface area contributed by atoms with Crippen LogP contribution in [0, 0.1) is 5.92 Å². The fourth-order valence-electron chi connectivity index (χ4n) is 4.28. The molecule has 2 aliphatic heterocycles. The summed E-state index contributed by atoms with van der Waals surface area (Å²) >= 11 is 0. The number of hydrogen-bond donors (Lipinski definition) is 1. The summed E-state index contributed by atoms with van der Waals surface area (Å²) in [5.41, 5.74) is 1.92. The molecule has 2 saturated heterocycles. The van der Waals surface area contributed by atoms with E-state index in [1.54, 1.807) is 6.08 Å². The number of likely N-dealkylation sites (tertiary alicyclic amines) is 1. The highest BCUT2D eigenvalue weighted by molar-refractivity contribution is 7.92. The predicted octanol–water partition coefficient (Wildman–Crippen LogP) is 3.41. The maximum Gasteiger partial charge on any atom is 0.236 e. The Balaban J connectivity index is 1.27. The molecular formula is C24H29N3O3S. The molecule has 1 unspecified atom stereocenters. The molecule has 6 nitrogen and oxygen atoms in total. The number of sulfonamides is 1. The van der Waals surface area contributed by atoms with E-state index in [1.807, 2.05) is 65.6 Å². The number of amides is 1. The summed E-state index contributed by atoms with van der Waals surface area (Å²) in [5, 5.41) is 4.76. The van der Waals surface area contributed by atoms with Gasteiger partial charge < -0.3 is 10.2 Å². The summed E-state index contributed by atoms with van der Waals surface area (Å²) < 4.78 is 26.8. The third-order valence-electron chi connectivity index (χ3n) is 6.04. The van der Waals surface area contributed by atoms with E-state index in [0.29, 0.717) is 32.5 Å². The molecule has 164 valence electrons. The SMILES string of the molecule is O=C(C1CCN(S(=O)(=O)/C=C/c2ccccc2)CC1)N1CCC(Nc2ccccc2)C1. The minimum Gasteiger partial charge on any atom is -0.380 e. The van der Waals surface area contributed by atoms with Gasteiger partial charge in [-0.25, -0.2) is 8.42 Å². The van der Waals surface area contributed by atoms with Crippen LogP contribution in [-0.4, -0.2) is 55.8 Å². The number of para-hydroxylation sites is 1. The van der Waals surface area contributed by atoms with E-state index in [-0.39, 0.29) is 17.9 Å². The summed E-state index contributed by atoms with van der Waals surface area (Å²) in [7, 11) is -3.48. The Morgan fingerprint density at radius 2 is 1.55 bits per heavy atom. The van der Waals surface area contributed by atoms with Gasteiger partial charge in [0.1, 0.15) is 0 Å². The van der Waals surface area contributed by atoms with Crippen molar-refractivity contribution >= 4 is 27.7 Å². The molecule has 7 heteroatoms. The fourth-order valence-corrected chi connectivity index (χ4v) is 5.50. The van der Waals surface area contributed by atoms with Gasteiger partial charge in [-0.2, -0.15) is 4.31 Å². The van der Waals surface area contributed by atoms with E-state index in [1.165, 1.54) is 9.71 Å². The van der Waals surface area contributed by atoms with Gasteiger partial charge in [0.05, 0.1) is 0 Å². The zero-order valence-electron chi connectivity index (χ0n) is 17.6. The number of anilines is 1.